The standard InChI is InChI=1S/C20H32O3/c1-15(2)17-7-6-16-14-20(22-12-13-23-20)18(3,8-5-11-21)9-10-19(16,17)4/h6,11,15,17H,5,7-10,12-14H2,1-4H3/t17-,18+,19+/m1/s1. The predicted molar refractivity (Wildman–Crippen MR) is 91.0 cm³/mol. The van der Waals surface area contributed by atoms with E-state index in [0.29, 0.717) is 31.5 Å². The first-order valence-corrected chi connectivity index (χ1v) is 9.28. The maximum atomic E-state index is 11.0. The molecule has 1 heterocycles. The molecule has 0 aromatic heterocycles. The molecule has 0 radical (unpaired) electrons. The number of carbonyl (C=O) groups excluding carboxylic acids is 1. The molecule has 2 fully saturated rings. The van der Waals surface area contributed by atoms with E-state index in [-0.39, 0.29) is 10.8 Å². The lowest BCUT2D eigenvalue weighted by atomic mass is 9.67. The van der Waals surface area contributed by atoms with Gasteiger partial charge in [0.2, 0.25) is 0 Å². The number of hydrogen-bond donors (Lipinski definition) is 0. The molecule has 0 aromatic rings. The largest absolute Gasteiger partial charge is 0.347 e. The van der Waals surface area contributed by atoms with Crippen molar-refractivity contribution in [3.63, 3.8) is 0 Å². The number of aldehydes is 1. The second kappa shape index (κ2) is 6.00. The Morgan fingerprint density at radius 2 is 1.96 bits per heavy atom. The summed E-state index contributed by atoms with van der Waals surface area (Å²) in [6.07, 6.45) is 9.25. The van der Waals surface area contributed by atoms with Crippen molar-refractivity contribution < 1.29 is 14.3 Å². The zero-order valence-corrected chi connectivity index (χ0v) is 15.2. The van der Waals surface area contributed by atoms with Gasteiger partial charge in [0, 0.05) is 18.3 Å². The molecule has 1 saturated heterocycles. The van der Waals surface area contributed by atoms with E-state index in [2.05, 4.69) is 33.8 Å². The summed E-state index contributed by atoms with van der Waals surface area (Å²) in [6.45, 7) is 10.8. The Hall–Kier alpha value is -0.670. The van der Waals surface area contributed by atoms with Crippen LogP contribution in [0.15, 0.2) is 11.6 Å². The molecule has 0 amide bonds. The smallest absolute Gasteiger partial charge is 0.177 e. The summed E-state index contributed by atoms with van der Waals surface area (Å²) in [5.41, 5.74) is 1.71. The molecule has 0 aromatic carbocycles. The van der Waals surface area contributed by atoms with Crippen molar-refractivity contribution >= 4 is 6.29 Å². The quantitative estimate of drug-likeness (QED) is 0.565. The third-order valence-corrected chi connectivity index (χ3v) is 7.08. The number of hydrogen-bond acceptors (Lipinski definition) is 3. The minimum absolute atomic E-state index is 0.0832. The van der Waals surface area contributed by atoms with Gasteiger partial charge in [-0.1, -0.05) is 39.3 Å². The van der Waals surface area contributed by atoms with Crippen LogP contribution in [0.25, 0.3) is 0 Å². The summed E-state index contributed by atoms with van der Waals surface area (Å²) in [7, 11) is 0. The first-order valence-electron chi connectivity index (χ1n) is 9.28. The van der Waals surface area contributed by atoms with Crippen molar-refractivity contribution in [2.75, 3.05) is 13.2 Å². The van der Waals surface area contributed by atoms with E-state index in [0.717, 1.165) is 25.5 Å². The summed E-state index contributed by atoms with van der Waals surface area (Å²) in [5, 5.41) is 0. The zero-order valence-electron chi connectivity index (χ0n) is 15.2. The van der Waals surface area contributed by atoms with Crippen molar-refractivity contribution in [1.82, 2.24) is 0 Å². The van der Waals surface area contributed by atoms with Gasteiger partial charge in [0.05, 0.1) is 13.2 Å². The van der Waals surface area contributed by atoms with Crippen LogP contribution >= 0.6 is 0 Å². The maximum absolute atomic E-state index is 11.0. The maximum Gasteiger partial charge on any atom is 0.177 e. The molecule has 130 valence electrons. The van der Waals surface area contributed by atoms with Crippen LogP contribution in [-0.2, 0) is 14.3 Å². The van der Waals surface area contributed by atoms with Crippen molar-refractivity contribution in [2.45, 2.75) is 72.0 Å². The van der Waals surface area contributed by atoms with Crippen molar-refractivity contribution in [3.8, 4) is 0 Å². The first kappa shape index (κ1) is 17.2. The van der Waals surface area contributed by atoms with Gasteiger partial charge in [-0.3, -0.25) is 0 Å². The monoisotopic (exact) mass is 320 g/mol. The predicted octanol–water partition coefficient (Wildman–Crippen LogP) is 4.51. The second-order valence-corrected chi connectivity index (χ2v) is 8.63. The number of ether oxygens (including phenoxy) is 2. The van der Waals surface area contributed by atoms with Crippen molar-refractivity contribution in [3.05, 3.63) is 11.6 Å². The van der Waals surface area contributed by atoms with Gasteiger partial charge in [-0.15, -0.1) is 0 Å². The minimum atomic E-state index is -0.522. The molecule has 0 unspecified atom stereocenters. The van der Waals surface area contributed by atoms with E-state index in [1.807, 2.05) is 0 Å². The summed E-state index contributed by atoms with van der Waals surface area (Å²) in [5.74, 6) is 0.879. The van der Waals surface area contributed by atoms with Gasteiger partial charge in [0.25, 0.3) is 0 Å². The van der Waals surface area contributed by atoms with Gasteiger partial charge >= 0.3 is 0 Å². The van der Waals surface area contributed by atoms with Crippen LogP contribution in [0.2, 0.25) is 0 Å². The molecule has 3 rings (SSSR count). The van der Waals surface area contributed by atoms with Crippen LogP contribution in [0.1, 0.15) is 66.2 Å². The molecule has 1 spiro atoms. The van der Waals surface area contributed by atoms with Gasteiger partial charge in [-0.25, -0.2) is 0 Å². The minimum Gasteiger partial charge on any atom is -0.347 e. The lowest BCUT2D eigenvalue weighted by Gasteiger charge is -2.43. The van der Waals surface area contributed by atoms with Gasteiger partial charge in [-0.05, 0) is 42.9 Å². The Bertz CT molecular complexity index is 489. The Labute approximate surface area is 140 Å². The summed E-state index contributed by atoms with van der Waals surface area (Å²) in [4.78, 5) is 11.0. The SMILES string of the molecule is CC(C)[C@H]1CC=C2CC3(OCCO3)[C@@](C)(CCC=O)CC[C@@]21C. The average Bonchev–Trinajstić information content (AvgIpc) is 3.09. The third kappa shape index (κ3) is 2.60. The fourth-order valence-electron chi connectivity index (χ4n) is 5.42. The van der Waals surface area contributed by atoms with Crippen LogP contribution < -0.4 is 0 Å². The molecule has 1 aliphatic heterocycles. The Balaban J connectivity index is 1.95. The molecule has 3 heteroatoms. The topological polar surface area (TPSA) is 35.5 Å². The molecule has 0 bridgehead atoms. The first-order chi connectivity index (χ1) is 10.9. The number of carbonyl (C=O) groups is 1. The zero-order chi connectivity index (χ0) is 16.7. The van der Waals surface area contributed by atoms with E-state index >= 15 is 0 Å². The average molecular weight is 320 g/mol. The van der Waals surface area contributed by atoms with Crippen molar-refractivity contribution in [2.24, 2.45) is 22.7 Å². The third-order valence-electron chi connectivity index (χ3n) is 7.08. The molecule has 3 nitrogen and oxygen atoms in total. The molecule has 2 aliphatic carbocycles. The highest BCUT2D eigenvalue weighted by atomic mass is 16.7. The van der Waals surface area contributed by atoms with E-state index in [1.165, 1.54) is 18.4 Å². The summed E-state index contributed by atoms with van der Waals surface area (Å²) < 4.78 is 12.5. The van der Waals surface area contributed by atoms with Gasteiger partial charge in [0.1, 0.15) is 6.29 Å². The second-order valence-electron chi connectivity index (χ2n) is 8.63. The molecular formula is C20H32O3. The van der Waals surface area contributed by atoms with Crippen LogP contribution in [0, 0.1) is 22.7 Å². The highest BCUT2D eigenvalue weighted by Crippen LogP contribution is 2.61. The Kier molecular flexibility index (Phi) is 4.48. The summed E-state index contributed by atoms with van der Waals surface area (Å²) >= 11 is 0. The fraction of sp³-hybridized carbons (Fsp3) is 0.850. The van der Waals surface area contributed by atoms with Gasteiger partial charge in [0.15, 0.2) is 5.79 Å². The van der Waals surface area contributed by atoms with E-state index < -0.39 is 5.79 Å². The van der Waals surface area contributed by atoms with Crippen LogP contribution in [0.4, 0.5) is 0 Å². The van der Waals surface area contributed by atoms with Crippen LogP contribution in [0.3, 0.4) is 0 Å². The lowest BCUT2D eigenvalue weighted by molar-refractivity contribution is -0.234. The highest BCUT2D eigenvalue weighted by Gasteiger charge is 2.58. The Morgan fingerprint density at radius 3 is 2.57 bits per heavy atom. The van der Waals surface area contributed by atoms with E-state index in [1.54, 1.807) is 0 Å². The molecule has 3 aliphatic rings. The normalized spacial score (nSPS) is 39.3. The number of fused-ring (bicyclic) bond motifs is 1. The van der Waals surface area contributed by atoms with E-state index in [4.69, 9.17) is 9.47 Å². The molecule has 23 heavy (non-hydrogen) atoms. The number of allylic oxidation sites excluding steroid dienone is 1. The molecule has 0 N–H and O–H groups in total. The highest BCUT2D eigenvalue weighted by molar-refractivity contribution is 5.49. The van der Waals surface area contributed by atoms with Crippen molar-refractivity contribution in [1.29, 1.82) is 0 Å². The molecule has 1 saturated carbocycles. The van der Waals surface area contributed by atoms with E-state index in [9.17, 15) is 4.79 Å². The lowest BCUT2D eigenvalue weighted by Crippen LogP contribution is -2.47. The summed E-state index contributed by atoms with van der Waals surface area (Å²) in [6, 6.07) is 0. The Morgan fingerprint density at radius 1 is 1.26 bits per heavy atom. The van der Waals surface area contributed by atoms with Gasteiger partial charge in [-0.2, -0.15) is 0 Å². The van der Waals surface area contributed by atoms with Crippen LogP contribution in [-0.4, -0.2) is 25.3 Å². The fourth-order valence-corrected chi connectivity index (χ4v) is 5.42. The molecular weight excluding hydrogens is 288 g/mol. The molecule has 3 atom stereocenters. The number of rotatable bonds is 4. The van der Waals surface area contributed by atoms with Crippen LogP contribution in [0.5, 0.6) is 0 Å². The van der Waals surface area contributed by atoms with Gasteiger partial charge < -0.3 is 14.3 Å².